The molecule has 0 unspecified atom stereocenters. The Hall–Kier alpha value is -0.160. The quantitative estimate of drug-likeness (QED) is 0.498. The summed E-state index contributed by atoms with van der Waals surface area (Å²) in [5.41, 5.74) is 1.13. The molecule has 3 fully saturated rings. The monoisotopic (exact) mass is 425 g/mol. The Kier molecular flexibility index (Phi) is 11.9. The van der Waals surface area contributed by atoms with Gasteiger partial charge in [0.25, 0.3) is 0 Å². The largest absolute Gasteiger partial charge is 0.379 e. The van der Waals surface area contributed by atoms with Crippen LogP contribution >= 0.6 is 0 Å². The molecule has 4 heteroatoms. The van der Waals surface area contributed by atoms with Crippen LogP contribution in [0.15, 0.2) is 0 Å². The molecular weight excluding hydrogens is 370 g/mol. The minimum absolute atomic E-state index is 0.323. The maximum atomic E-state index is 5.25. The zero-order chi connectivity index (χ0) is 22.8. The van der Waals surface area contributed by atoms with Crippen LogP contribution in [0.4, 0.5) is 0 Å². The first-order chi connectivity index (χ1) is 13.8. The number of piperidine rings is 2. The van der Waals surface area contributed by atoms with Crippen molar-refractivity contribution in [3.63, 3.8) is 0 Å². The number of ether oxygens (including phenoxy) is 1. The van der Waals surface area contributed by atoms with Crippen LogP contribution in [0.5, 0.6) is 0 Å². The summed E-state index contributed by atoms with van der Waals surface area (Å²) in [6, 6.07) is 0. The van der Waals surface area contributed by atoms with Gasteiger partial charge in [-0.2, -0.15) is 0 Å². The molecule has 0 aromatic rings. The first-order valence-corrected chi connectivity index (χ1v) is 12.6. The fraction of sp³-hybridized carbons (Fsp3) is 1.00. The average molecular weight is 426 g/mol. The molecule has 3 saturated heterocycles. The predicted molar refractivity (Wildman–Crippen MR) is 132 cm³/mol. The van der Waals surface area contributed by atoms with Crippen LogP contribution in [0.25, 0.3) is 0 Å². The van der Waals surface area contributed by atoms with Gasteiger partial charge in [-0.05, 0) is 114 Å². The van der Waals surface area contributed by atoms with E-state index in [1.165, 1.54) is 64.7 Å². The summed E-state index contributed by atoms with van der Waals surface area (Å²) in [5, 5.41) is 0. The number of hydrogen-bond acceptors (Lipinski definition) is 4. The number of nitrogens with zero attached hydrogens (tertiary/aromatic N) is 3. The van der Waals surface area contributed by atoms with Crippen molar-refractivity contribution >= 4 is 0 Å². The van der Waals surface area contributed by atoms with E-state index in [0.717, 1.165) is 26.3 Å². The highest BCUT2D eigenvalue weighted by Crippen LogP contribution is 2.20. The Morgan fingerprint density at radius 2 is 0.667 bits per heavy atom. The minimum atomic E-state index is 0.323. The summed E-state index contributed by atoms with van der Waals surface area (Å²) >= 11 is 0. The second-order valence-electron chi connectivity index (χ2n) is 12.2. The number of morpholine rings is 1. The summed E-state index contributed by atoms with van der Waals surface area (Å²) < 4.78 is 5.25. The van der Waals surface area contributed by atoms with Crippen molar-refractivity contribution in [1.29, 1.82) is 0 Å². The third kappa shape index (κ3) is 11.5. The standard InChI is InChI=1S/2C9H19N.C8H17NO/c2*1-9(2,3)10-7-5-4-6-8-10;1-8(2,3)9-4-6-10-7-5-9/h2*4-8H2,1-3H3;4-7H2,1-3H3. The van der Waals surface area contributed by atoms with Crippen LogP contribution in [0.1, 0.15) is 101 Å². The van der Waals surface area contributed by atoms with Gasteiger partial charge in [-0.15, -0.1) is 0 Å². The molecule has 30 heavy (non-hydrogen) atoms. The van der Waals surface area contributed by atoms with Crippen molar-refractivity contribution in [2.45, 2.75) is 117 Å². The molecule has 3 heterocycles. The zero-order valence-electron chi connectivity index (χ0n) is 22.1. The van der Waals surface area contributed by atoms with Crippen molar-refractivity contribution in [2.75, 3.05) is 52.5 Å². The van der Waals surface area contributed by atoms with E-state index >= 15 is 0 Å². The fourth-order valence-corrected chi connectivity index (χ4v) is 4.36. The maximum absolute atomic E-state index is 5.25. The lowest BCUT2D eigenvalue weighted by Crippen LogP contribution is -2.47. The van der Waals surface area contributed by atoms with E-state index < -0.39 is 0 Å². The Balaban J connectivity index is 0.000000225. The highest BCUT2D eigenvalue weighted by atomic mass is 16.5. The summed E-state index contributed by atoms with van der Waals surface area (Å²) in [7, 11) is 0. The summed E-state index contributed by atoms with van der Waals surface area (Å²) in [4.78, 5) is 7.61. The molecule has 3 aliphatic rings. The molecular formula is C26H55N3O. The lowest BCUT2D eigenvalue weighted by molar-refractivity contribution is -0.00389. The normalized spacial score (nSPS) is 23.1. The number of likely N-dealkylation sites (tertiary alicyclic amines) is 2. The van der Waals surface area contributed by atoms with Gasteiger partial charge < -0.3 is 4.74 Å². The molecule has 3 aliphatic heterocycles. The lowest BCUT2D eigenvalue weighted by Gasteiger charge is -2.38. The Labute approximate surface area is 189 Å². The Morgan fingerprint density at radius 1 is 0.400 bits per heavy atom. The summed E-state index contributed by atoms with van der Waals surface area (Å²) in [6.45, 7) is 29.8. The maximum Gasteiger partial charge on any atom is 0.0594 e. The van der Waals surface area contributed by atoms with Crippen molar-refractivity contribution in [2.24, 2.45) is 0 Å². The van der Waals surface area contributed by atoms with Crippen molar-refractivity contribution < 1.29 is 4.74 Å². The van der Waals surface area contributed by atoms with Gasteiger partial charge in [-0.1, -0.05) is 12.8 Å². The number of rotatable bonds is 0. The van der Waals surface area contributed by atoms with Gasteiger partial charge in [-0.3, -0.25) is 14.7 Å². The Morgan fingerprint density at radius 3 is 0.867 bits per heavy atom. The van der Waals surface area contributed by atoms with Crippen LogP contribution in [0.2, 0.25) is 0 Å². The Bertz CT molecular complexity index is 360. The molecule has 0 radical (unpaired) electrons. The van der Waals surface area contributed by atoms with Gasteiger partial charge in [0.15, 0.2) is 0 Å². The molecule has 0 amide bonds. The molecule has 0 N–H and O–H groups in total. The highest BCUT2D eigenvalue weighted by Gasteiger charge is 2.23. The van der Waals surface area contributed by atoms with Crippen LogP contribution in [0.3, 0.4) is 0 Å². The third-order valence-electron chi connectivity index (χ3n) is 6.57. The van der Waals surface area contributed by atoms with Crippen LogP contribution in [0, 0.1) is 0 Å². The van der Waals surface area contributed by atoms with E-state index in [4.69, 9.17) is 4.74 Å². The summed E-state index contributed by atoms with van der Waals surface area (Å²) in [6.07, 6.45) is 8.47. The second-order valence-corrected chi connectivity index (χ2v) is 12.2. The van der Waals surface area contributed by atoms with Crippen LogP contribution in [-0.2, 0) is 4.74 Å². The van der Waals surface area contributed by atoms with Gasteiger partial charge in [0.1, 0.15) is 0 Å². The van der Waals surface area contributed by atoms with Crippen LogP contribution < -0.4 is 0 Å². The van der Waals surface area contributed by atoms with E-state index in [1.54, 1.807) is 0 Å². The molecule has 3 rings (SSSR count). The molecule has 4 nitrogen and oxygen atoms in total. The SMILES string of the molecule is CC(C)(C)N1CCCCC1.CC(C)(C)N1CCCCC1.CC(C)(C)N1CCOCC1. The molecule has 0 aromatic heterocycles. The molecule has 0 aliphatic carbocycles. The topological polar surface area (TPSA) is 19.0 Å². The molecule has 0 atom stereocenters. The van der Waals surface area contributed by atoms with E-state index in [9.17, 15) is 0 Å². The van der Waals surface area contributed by atoms with Gasteiger partial charge in [0.05, 0.1) is 13.2 Å². The molecule has 0 aromatic carbocycles. The van der Waals surface area contributed by atoms with E-state index in [1.807, 2.05) is 0 Å². The highest BCUT2D eigenvalue weighted by molar-refractivity contribution is 4.79. The van der Waals surface area contributed by atoms with E-state index in [0.29, 0.717) is 16.6 Å². The summed E-state index contributed by atoms with van der Waals surface area (Å²) in [5.74, 6) is 0. The molecule has 180 valence electrons. The first-order valence-electron chi connectivity index (χ1n) is 12.6. The van der Waals surface area contributed by atoms with E-state index in [-0.39, 0.29) is 0 Å². The molecule has 0 saturated carbocycles. The average Bonchev–Trinajstić information content (AvgIpc) is 2.69. The fourth-order valence-electron chi connectivity index (χ4n) is 4.36. The first kappa shape index (κ1) is 27.9. The minimum Gasteiger partial charge on any atom is -0.379 e. The van der Waals surface area contributed by atoms with Crippen molar-refractivity contribution in [3.05, 3.63) is 0 Å². The van der Waals surface area contributed by atoms with Gasteiger partial charge in [0, 0.05) is 29.7 Å². The molecule has 0 spiro atoms. The second kappa shape index (κ2) is 12.8. The van der Waals surface area contributed by atoms with Crippen LogP contribution in [-0.4, -0.2) is 83.8 Å². The van der Waals surface area contributed by atoms with Gasteiger partial charge in [-0.25, -0.2) is 0 Å². The third-order valence-corrected chi connectivity index (χ3v) is 6.57. The smallest absolute Gasteiger partial charge is 0.0594 e. The predicted octanol–water partition coefficient (Wildman–Crippen LogP) is 5.66. The van der Waals surface area contributed by atoms with Crippen molar-refractivity contribution in [1.82, 2.24) is 14.7 Å². The zero-order valence-corrected chi connectivity index (χ0v) is 22.1. The van der Waals surface area contributed by atoms with Gasteiger partial charge >= 0.3 is 0 Å². The van der Waals surface area contributed by atoms with E-state index in [2.05, 4.69) is 77.0 Å². The van der Waals surface area contributed by atoms with Gasteiger partial charge in [0.2, 0.25) is 0 Å². The molecule has 0 bridgehead atoms. The lowest BCUT2D eigenvalue weighted by atomic mass is 10.0. The van der Waals surface area contributed by atoms with Crippen molar-refractivity contribution in [3.8, 4) is 0 Å². The number of hydrogen-bond donors (Lipinski definition) is 0.